The highest BCUT2D eigenvalue weighted by Crippen LogP contribution is 2.24. The topological polar surface area (TPSA) is 50.9 Å². The monoisotopic (exact) mass is 245 g/mol. The lowest BCUT2D eigenvalue weighted by Gasteiger charge is -2.11. The first-order chi connectivity index (χ1) is 7.66. The van der Waals surface area contributed by atoms with Crippen LogP contribution in [0.25, 0.3) is 0 Å². The lowest BCUT2D eigenvalue weighted by atomic mass is 10.1. The van der Waals surface area contributed by atoms with Crippen LogP contribution in [0.4, 0.5) is 20.4 Å². The van der Waals surface area contributed by atoms with Crippen LogP contribution in [0.2, 0.25) is 0 Å². The van der Waals surface area contributed by atoms with Crippen LogP contribution in [0.3, 0.4) is 0 Å². The summed E-state index contributed by atoms with van der Waals surface area (Å²) < 4.78 is 26.1. The summed E-state index contributed by atoms with van der Waals surface area (Å²) in [6.45, 7) is 0.655. The number of anilines is 2. The number of hydrogen-bond acceptors (Lipinski definition) is 4. The standard InChI is InChI=1S/C10H13F2N3S/c11-7-3-8(12)10(15-9(7)13)14-4-6-1-2-16-5-6/h3,6H,1-2,4-5H2,(H3,13,14,15). The maximum absolute atomic E-state index is 13.3. The van der Waals surface area contributed by atoms with Crippen molar-refractivity contribution < 1.29 is 8.78 Å². The second kappa shape index (κ2) is 4.86. The van der Waals surface area contributed by atoms with Crippen LogP contribution in [0.5, 0.6) is 0 Å². The van der Waals surface area contributed by atoms with Gasteiger partial charge in [-0.05, 0) is 23.8 Å². The molecule has 88 valence electrons. The number of nitrogens with one attached hydrogen (secondary N) is 1. The van der Waals surface area contributed by atoms with Crippen molar-refractivity contribution in [3.05, 3.63) is 17.7 Å². The highest BCUT2D eigenvalue weighted by Gasteiger charge is 2.16. The van der Waals surface area contributed by atoms with Crippen molar-refractivity contribution in [1.82, 2.24) is 4.98 Å². The van der Waals surface area contributed by atoms with Gasteiger partial charge in [-0.25, -0.2) is 13.8 Å². The Bertz CT molecular complexity index is 381. The van der Waals surface area contributed by atoms with Gasteiger partial charge in [0.1, 0.15) is 0 Å². The molecular weight excluding hydrogens is 232 g/mol. The number of halogens is 2. The average molecular weight is 245 g/mol. The van der Waals surface area contributed by atoms with E-state index in [4.69, 9.17) is 5.73 Å². The summed E-state index contributed by atoms with van der Waals surface area (Å²) in [5.74, 6) is 0.994. The molecule has 3 N–H and O–H groups in total. The third kappa shape index (κ3) is 2.55. The van der Waals surface area contributed by atoms with Gasteiger partial charge in [-0.15, -0.1) is 0 Å². The Kier molecular flexibility index (Phi) is 3.48. The molecule has 1 fully saturated rings. The quantitative estimate of drug-likeness (QED) is 0.856. The molecule has 3 nitrogen and oxygen atoms in total. The van der Waals surface area contributed by atoms with Crippen LogP contribution >= 0.6 is 11.8 Å². The molecule has 0 radical (unpaired) electrons. The van der Waals surface area contributed by atoms with Crippen LogP contribution in [0, 0.1) is 17.6 Å². The minimum Gasteiger partial charge on any atom is -0.381 e. The molecule has 0 spiro atoms. The maximum Gasteiger partial charge on any atom is 0.168 e. The Morgan fingerprint density at radius 3 is 3.00 bits per heavy atom. The van der Waals surface area contributed by atoms with E-state index in [1.807, 2.05) is 11.8 Å². The van der Waals surface area contributed by atoms with Gasteiger partial charge in [0, 0.05) is 12.6 Å². The molecule has 1 aromatic heterocycles. The van der Waals surface area contributed by atoms with E-state index in [2.05, 4.69) is 10.3 Å². The van der Waals surface area contributed by atoms with Crippen LogP contribution in [0.15, 0.2) is 6.07 Å². The van der Waals surface area contributed by atoms with Crippen LogP contribution in [-0.4, -0.2) is 23.0 Å². The Labute approximate surface area is 96.8 Å². The predicted molar refractivity (Wildman–Crippen MR) is 62.5 cm³/mol. The van der Waals surface area contributed by atoms with E-state index in [0.717, 1.165) is 24.0 Å². The molecular formula is C10H13F2N3S. The molecule has 0 amide bonds. The molecule has 1 saturated heterocycles. The first-order valence-corrected chi connectivity index (χ1v) is 6.25. The molecule has 0 aromatic carbocycles. The maximum atomic E-state index is 13.3. The predicted octanol–water partition coefficient (Wildman–Crippen LogP) is 2.11. The van der Waals surface area contributed by atoms with E-state index in [1.165, 1.54) is 0 Å². The van der Waals surface area contributed by atoms with Crippen LogP contribution in [0.1, 0.15) is 6.42 Å². The van der Waals surface area contributed by atoms with E-state index in [1.54, 1.807) is 0 Å². The van der Waals surface area contributed by atoms with E-state index in [0.29, 0.717) is 12.5 Å². The summed E-state index contributed by atoms with van der Waals surface area (Å²) in [6, 6.07) is 0.758. The normalized spacial score (nSPS) is 20.0. The summed E-state index contributed by atoms with van der Waals surface area (Å²) in [4.78, 5) is 3.64. The number of aromatic nitrogens is 1. The molecule has 1 atom stereocenters. The number of rotatable bonds is 3. The minimum absolute atomic E-state index is 0.0378. The number of nitrogens with zero attached hydrogens (tertiary/aromatic N) is 1. The van der Waals surface area contributed by atoms with Gasteiger partial charge in [-0.2, -0.15) is 11.8 Å². The molecule has 1 aliphatic rings. The zero-order chi connectivity index (χ0) is 11.5. The zero-order valence-corrected chi connectivity index (χ0v) is 9.49. The van der Waals surface area contributed by atoms with Gasteiger partial charge in [0.25, 0.3) is 0 Å². The van der Waals surface area contributed by atoms with Crippen molar-refractivity contribution in [3.8, 4) is 0 Å². The molecule has 6 heteroatoms. The van der Waals surface area contributed by atoms with Crippen molar-refractivity contribution in [2.75, 3.05) is 29.1 Å². The number of hydrogen-bond donors (Lipinski definition) is 2. The van der Waals surface area contributed by atoms with E-state index < -0.39 is 11.6 Å². The van der Waals surface area contributed by atoms with Crippen LogP contribution in [-0.2, 0) is 0 Å². The summed E-state index contributed by atoms with van der Waals surface area (Å²) in [7, 11) is 0. The van der Waals surface area contributed by atoms with Gasteiger partial charge in [0.05, 0.1) is 0 Å². The van der Waals surface area contributed by atoms with Crippen molar-refractivity contribution in [2.24, 2.45) is 5.92 Å². The van der Waals surface area contributed by atoms with Gasteiger partial charge in [-0.1, -0.05) is 0 Å². The summed E-state index contributed by atoms with van der Waals surface area (Å²) in [5.41, 5.74) is 5.28. The van der Waals surface area contributed by atoms with Crippen molar-refractivity contribution >= 4 is 23.4 Å². The number of thioether (sulfide) groups is 1. The Hall–Kier alpha value is -1.04. The van der Waals surface area contributed by atoms with Gasteiger partial charge in [0.15, 0.2) is 23.3 Å². The average Bonchev–Trinajstić information content (AvgIpc) is 2.74. The fourth-order valence-corrected chi connectivity index (χ4v) is 2.87. The van der Waals surface area contributed by atoms with Crippen molar-refractivity contribution in [2.45, 2.75) is 6.42 Å². The smallest absolute Gasteiger partial charge is 0.168 e. The second-order valence-electron chi connectivity index (χ2n) is 3.80. The second-order valence-corrected chi connectivity index (χ2v) is 4.95. The fraction of sp³-hybridized carbons (Fsp3) is 0.500. The molecule has 1 aromatic rings. The summed E-state index contributed by atoms with van der Waals surface area (Å²) in [6.07, 6.45) is 1.12. The van der Waals surface area contributed by atoms with E-state index in [-0.39, 0.29) is 11.6 Å². The summed E-state index contributed by atoms with van der Waals surface area (Å²) >= 11 is 1.89. The highest BCUT2D eigenvalue weighted by atomic mass is 32.2. The van der Waals surface area contributed by atoms with Gasteiger partial charge >= 0.3 is 0 Å². The van der Waals surface area contributed by atoms with E-state index >= 15 is 0 Å². The highest BCUT2D eigenvalue weighted by molar-refractivity contribution is 7.99. The fourth-order valence-electron chi connectivity index (χ4n) is 1.59. The molecule has 0 bridgehead atoms. The molecule has 0 aliphatic carbocycles. The first-order valence-electron chi connectivity index (χ1n) is 5.10. The number of pyridine rings is 1. The molecule has 0 saturated carbocycles. The number of nitrogen functional groups attached to an aromatic ring is 1. The SMILES string of the molecule is Nc1nc(NCC2CCSC2)c(F)cc1F. The summed E-state index contributed by atoms with van der Waals surface area (Å²) in [5, 5.41) is 2.88. The molecule has 2 rings (SSSR count). The zero-order valence-electron chi connectivity index (χ0n) is 8.67. The van der Waals surface area contributed by atoms with Crippen LogP contribution < -0.4 is 11.1 Å². The van der Waals surface area contributed by atoms with Gasteiger partial charge < -0.3 is 11.1 Å². The minimum atomic E-state index is -0.820. The first kappa shape index (κ1) is 11.4. The number of nitrogens with two attached hydrogens (primary N) is 1. The molecule has 1 aliphatic heterocycles. The Morgan fingerprint density at radius 2 is 2.31 bits per heavy atom. The third-order valence-electron chi connectivity index (χ3n) is 2.54. The largest absolute Gasteiger partial charge is 0.381 e. The lowest BCUT2D eigenvalue weighted by molar-refractivity contribution is 0.574. The van der Waals surface area contributed by atoms with Crippen molar-refractivity contribution in [3.63, 3.8) is 0 Å². The third-order valence-corrected chi connectivity index (χ3v) is 3.77. The molecule has 2 heterocycles. The Morgan fingerprint density at radius 1 is 1.50 bits per heavy atom. The molecule has 1 unspecified atom stereocenters. The van der Waals surface area contributed by atoms with Gasteiger partial charge in [0.2, 0.25) is 0 Å². The Balaban J connectivity index is 2.00. The molecule has 16 heavy (non-hydrogen) atoms. The lowest BCUT2D eigenvalue weighted by Crippen LogP contribution is -2.16. The van der Waals surface area contributed by atoms with Crippen molar-refractivity contribution in [1.29, 1.82) is 0 Å². The van der Waals surface area contributed by atoms with E-state index in [9.17, 15) is 8.78 Å². The van der Waals surface area contributed by atoms with Gasteiger partial charge in [-0.3, -0.25) is 0 Å².